The van der Waals surface area contributed by atoms with E-state index in [-0.39, 0.29) is 6.42 Å². The molecule has 0 atom stereocenters. The molecule has 0 spiro atoms. The molecule has 0 unspecified atom stereocenters. The molecule has 0 aromatic rings. The molecule has 2 nitrogen and oxygen atoms in total. The summed E-state index contributed by atoms with van der Waals surface area (Å²) < 4.78 is 0. The first-order chi connectivity index (χ1) is 13.0. The van der Waals surface area contributed by atoms with E-state index in [2.05, 4.69) is 34.6 Å². The number of carbonyl (C=O) groups is 1. The van der Waals surface area contributed by atoms with Gasteiger partial charge in [0.25, 0.3) is 0 Å². The first-order valence-electron chi connectivity index (χ1n) is 12.1. The lowest BCUT2D eigenvalue weighted by atomic mass is 10.1. The largest absolute Gasteiger partial charge is 0.550 e. The Hall–Kier alpha value is -0.100. The number of carboxylic acids is 1. The Bertz CT molecular complexity index is 267. The highest BCUT2D eigenvalue weighted by atomic mass is 31.2. The Labute approximate surface area is 172 Å². The predicted octanol–water partition coefficient (Wildman–Crippen LogP) is 7.30. The van der Waals surface area contributed by atoms with Crippen LogP contribution in [0.4, 0.5) is 0 Å². The molecule has 27 heavy (non-hydrogen) atoms. The maximum absolute atomic E-state index is 9.92. The molecule has 0 fully saturated rings. The molecule has 3 heteroatoms. The van der Waals surface area contributed by atoms with Gasteiger partial charge in [-0.1, -0.05) is 86.0 Å². The van der Waals surface area contributed by atoms with Crippen molar-refractivity contribution in [3.63, 3.8) is 0 Å². The molecular formula is C24H51O2P. The molecule has 0 aliphatic heterocycles. The highest BCUT2D eigenvalue weighted by Crippen LogP contribution is 2.61. The van der Waals surface area contributed by atoms with Crippen molar-refractivity contribution in [3.05, 3.63) is 0 Å². The fraction of sp³-hybridized carbons (Fsp3) is 0.958. The van der Waals surface area contributed by atoms with Crippen molar-refractivity contribution in [3.8, 4) is 0 Å². The summed E-state index contributed by atoms with van der Waals surface area (Å²) in [5, 5.41) is 9.92. The zero-order valence-corrected chi connectivity index (χ0v) is 20.4. The van der Waals surface area contributed by atoms with Crippen LogP contribution < -0.4 is 5.11 Å². The Balaban J connectivity index is 0. The number of unbranched alkanes of at least 4 members (excludes halogenated alkanes) is 8. The number of carboxylic acid groups (broad SMARTS) is 1. The first-order valence-corrected chi connectivity index (χ1v) is 14.6. The number of rotatable bonds is 18. The summed E-state index contributed by atoms with van der Waals surface area (Å²) in [6, 6.07) is 0. The van der Waals surface area contributed by atoms with Crippen molar-refractivity contribution in [1.82, 2.24) is 0 Å². The summed E-state index contributed by atoms with van der Waals surface area (Å²) in [6.45, 7) is 11.6. The number of hydrogen-bond donors (Lipinski definition) is 0. The normalized spacial score (nSPS) is 11.1. The fourth-order valence-electron chi connectivity index (χ4n) is 3.52. The van der Waals surface area contributed by atoms with Gasteiger partial charge in [-0.05, 0) is 38.5 Å². The summed E-state index contributed by atoms with van der Waals surface area (Å²) >= 11 is 0. The molecule has 0 aliphatic rings. The van der Waals surface area contributed by atoms with E-state index in [0.29, 0.717) is 0 Å². The van der Waals surface area contributed by atoms with Crippen LogP contribution in [0, 0.1) is 0 Å². The second kappa shape index (κ2) is 22.2. The molecule has 0 amide bonds. The molecular weight excluding hydrogens is 351 g/mol. The third-order valence-electron chi connectivity index (χ3n) is 5.43. The van der Waals surface area contributed by atoms with Crippen LogP contribution in [0.15, 0.2) is 0 Å². The third-order valence-corrected chi connectivity index (χ3v) is 10.5. The van der Waals surface area contributed by atoms with Gasteiger partial charge in [0.1, 0.15) is 0 Å². The SMILES string of the molecule is CCCCCCCC(=O)[O-].CCCC[P+](CCCC)(CCCC)CCCC. The lowest BCUT2D eigenvalue weighted by Gasteiger charge is -2.28. The van der Waals surface area contributed by atoms with Gasteiger partial charge in [-0.25, -0.2) is 0 Å². The van der Waals surface area contributed by atoms with Crippen molar-refractivity contribution >= 4 is 13.2 Å². The Kier molecular flexibility index (Phi) is 23.9. The zero-order valence-electron chi connectivity index (χ0n) is 19.5. The standard InChI is InChI=1S/C16H36P.C8H16O2/c1-5-9-13-17(14-10-6-2,15-11-7-3)16-12-8-4;1-2-3-4-5-6-7-8(9)10/h5-16H2,1-4H3;2-7H2,1H3,(H,9,10)/q+1;/p-1. The summed E-state index contributed by atoms with van der Waals surface area (Å²) in [7, 11) is -0.562. The van der Waals surface area contributed by atoms with Crippen LogP contribution in [0.2, 0.25) is 0 Å². The molecule has 0 aromatic heterocycles. The quantitative estimate of drug-likeness (QED) is 0.178. The van der Waals surface area contributed by atoms with Gasteiger partial charge in [0.15, 0.2) is 0 Å². The van der Waals surface area contributed by atoms with Crippen molar-refractivity contribution in [2.45, 2.75) is 125 Å². The molecule has 0 aliphatic carbocycles. The maximum atomic E-state index is 9.92. The van der Waals surface area contributed by atoms with Crippen LogP contribution >= 0.6 is 7.26 Å². The Morgan fingerprint density at radius 2 is 0.889 bits per heavy atom. The summed E-state index contributed by atoms with van der Waals surface area (Å²) in [6.07, 6.45) is 23.6. The molecule has 164 valence electrons. The van der Waals surface area contributed by atoms with E-state index in [0.717, 1.165) is 19.3 Å². The van der Waals surface area contributed by atoms with Crippen LogP contribution in [0.5, 0.6) is 0 Å². The molecule has 0 N–H and O–H groups in total. The van der Waals surface area contributed by atoms with E-state index in [1.165, 1.54) is 64.2 Å². The summed E-state index contributed by atoms with van der Waals surface area (Å²) in [5.41, 5.74) is 0. The van der Waals surface area contributed by atoms with Gasteiger partial charge >= 0.3 is 0 Å². The average molecular weight is 403 g/mol. The topological polar surface area (TPSA) is 40.1 Å². The van der Waals surface area contributed by atoms with Crippen LogP contribution in [-0.4, -0.2) is 30.6 Å². The Morgan fingerprint density at radius 3 is 1.19 bits per heavy atom. The number of hydrogen-bond acceptors (Lipinski definition) is 2. The second-order valence-electron chi connectivity index (χ2n) is 8.19. The van der Waals surface area contributed by atoms with E-state index in [1.54, 1.807) is 24.6 Å². The van der Waals surface area contributed by atoms with Gasteiger partial charge < -0.3 is 9.90 Å². The van der Waals surface area contributed by atoms with Gasteiger partial charge in [0.05, 0.1) is 24.6 Å². The van der Waals surface area contributed by atoms with Crippen LogP contribution in [0.3, 0.4) is 0 Å². The Morgan fingerprint density at radius 1 is 0.556 bits per heavy atom. The lowest BCUT2D eigenvalue weighted by Crippen LogP contribution is -2.21. The van der Waals surface area contributed by atoms with Crippen LogP contribution in [0.25, 0.3) is 0 Å². The van der Waals surface area contributed by atoms with Crippen molar-refractivity contribution in [2.24, 2.45) is 0 Å². The average Bonchev–Trinajstić information content (AvgIpc) is 2.67. The molecule has 0 radical (unpaired) electrons. The van der Waals surface area contributed by atoms with Crippen molar-refractivity contribution < 1.29 is 9.90 Å². The summed E-state index contributed by atoms with van der Waals surface area (Å²) in [5.74, 6) is -0.920. The number of carbonyl (C=O) groups excluding carboxylic acids is 1. The minimum absolute atomic E-state index is 0.226. The van der Waals surface area contributed by atoms with Crippen LogP contribution in [0.1, 0.15) is 125 Å². The fourth-order valence-corrected chi connectivity index (χ4v) is 8.81. The number of aliphatic carboxylic acids is 1. The third kappa shape index (κ3) is 20.4. The zero-order chi connectivity index (χ0) is 20.8. The van der Waals surface area contributed by atoms with E-state index in [4.69, 9.17) is 0 Å². The smallest absolute Gasteiger partial charge is 0.0594 e. The van der Waals surface area contributed by atoms with E-state index in [1.807, 2.05) is 0 Å². The van der Waals surface area contributed by atoms with Gasteiger partial charge in [-0.3, -0.25) is 0 Å². The van der Waals surface area contributed by atoms with Gasteiger partial charge in [-0.15, -0.1) is 0 Å². The molecule has 0 saturated carbocycles. The molecule has 0 aromatic carbocycles. The molecule has 0 bridgehead atoms. The predicted molar refractivity (Wildman–Crippen MR) is 124 cm³/mol. The monoisotopic (exact) mass is 402 g/mol. The van der Waals surface area contributed by atoms with Crippen LogP contribution in [-0.2, 0) is 4.79 Å². The van der Waals surface area contributed by atoms with Gasteiger partial charge in [0.2, 0.25) is 0 Å². The minimum Gasteiger partial charge on any atom is -0.550 e. The first kappa shape index (κ1) is 29.1. The highest BCUT2D eigenvalue weighted by Gasteiger charge is 2.34. The highest BCUT2D eigenvalue weighted by molar-refractivity contribution is 7.75. The van der Waals surface area contributed by atoms with Gasteiger partial charge in [-0.2, -0.15) is 0 Å². The molecule has 0 rings (SSSR count). The lowest BCUT2D eigenvalue weighted by molar-refractivity contribution is -0.305. The van der Waals surface area contributed by atoms with Crippen molar-refractivity contribution in [1.29, 1.82) is 0 Å². The van der Waals surface area contributed by atoms with Crippen molar-refractivity contribution in [2.75, 3.05) is 24.6 Å². The molecule has 0 saturated heterocycles. The van der Waals surface area contributed by atoms with E-state index in [9.17, 15) is 9.90 Å². The minimum atomic E-state index is -0.920. The molecule has 0 heterocycles. The maximum Gasteiger partial charge on any atom is 0.0594 e. The van der Waals surface area contributed by atoms with E-state index >= 15 is 0 Å². The van der Waals surface area contributed by atoms with E-state index < -0.39 is 13.2 Å². The van der Waals surface area contributed by atoms with Gasteiger partial charge in [0, 0.05) is 13.2 Å². The summed E-state index contributed by atoms with van der Waals surface area (Å²) in [4.78, 5) is 9.92. The second-order valence-corrected chi connectivity index (χ2v) is 12.7.